The Bertz CT molecular complexity index is 1200. The first-order valence-electron chi connectivity index (χ1n) is 9.97. The van der Waals surface area contributed by atoms with E-state index in [1.165, 1.54) is 12.3 Å². The second-order valence-electron chi connectivity index (χ2n) is 7.53. The highest BCUT2D eigenvalue weighted by Gasteiger charge is 2.24. The summed E-state index contributed by atoms with van der Waals surface area (Å²) in [5, 5.41) is 6.61. The lowest BCUT2D eigenvalue weighted by Gasteiger charge is -2.10. The van der Waals surface area contributed by atoms with Crippen molar-refractivity contribution in [3.8, 4) is 5.69 Å². The number of hydrogen-bond donors (Lipinski definition) is 2. The normalized spacial score (nSPS) is 16.8. The van der Waals surface area contributed by atoms with Gasteiger partial charge in [-0.1, -0.05) is 12.1 Å². The molecule has 8 heteroatoms. The van der Waals surface area contributed by atoms with Crippen LogP contribution >= 0.6 is 0 Å². The Labute approximate surface area is 179 Å². The highest BCUT2D eigenvalue weighted by Crippen LogP contribution is 2.25. The second-order valence-corrected chi connectivity index (χ2v) is 7.53. The number of anilines is 1. The van der Waals surface area contributed by atoms with Gasteiger partial charge in [0.1, 0.15) is 17.6 Å². The summed E-state index contributed by atoms with van der Waals surface area (Å²) >= 11 is 0. The smallest absolute Gasteiger partial charge is 0.249 e. The minimum atomic E-state index is -0.655. The Hall–Kier alpha value is -3.81. The van der Waals surface area contributed by atoms with Crippen molar-refractivity contribution >= 4 is 23.5 Å². The monoisotopic (exact) mass is 418 g/mol. The molecule has 1 aliphatic rings. The van der Waals surface area contributed by atoms with Gasteiger partial charge in [-0.15, -0.1) is 0 Å². The van der Waals surface area contributed by atoms with E-state index in [-0.39, 0.29) is 11.7 Å². The molecule has 0 aliphatic carbocycles. The van der Waals surface area contributed by atoms with Gasteiger partial charge >= 0.3 is 0 Å². The molecule has 31 heavy (non-hydrogen) atoms. The molecule has 0 bridgehead atoms. The Kier molecular flexibility index (Phi) is 5.62. The fraction of sp³-hybridized carbons (Fsp3) is 0.217. The van der Waals surface area contributed by atoms with E-state index in [0.29, 0.717) is 29.8 Å². The molecule has 1 aliphatic heterocycles. The van der Waals surface area contributed by atoms with E-state index in [9.17, 15) is 9.18 Å². The van der Waals surface area contributed by atoms with Gasteiger partial charge in [-0.3, -0.25) is 9.79 Å². The van der Waals surface area contributed by atoms with Gasteiger partial charge in [0.05, 0.1) is 18.2 Å². The lowest BCUT2D eigenvalue weighted by molar-refractivity contribution is -0.117. The van der Waals surface area contributed by atoms with Crippen LogP contribution in [0.3, 0.4) is 0 Å². The molecule has 3 aromatic rings. The first kappa shape index (κ1) is 20.5. The number of imidazole rings is 1. The van der Waals surface area contributed by atoms with Gasteiger partial charge in [-0.05, 0) is 56.5 Å². The summed E-state index contributed by atoms with van der Waals surface area (Å²) in [6, 6.07) is 9.83. The molecule has 0 radical (unpaired) electrons. The average molecular weight is 418 g/mol. The second kappa shape index (κ2) is 8.51. The number of nitrogens with two attached hydrogens (primary N) is 1. The van der Waals surface area contributed by atoms with Crippen molar-refractivity contribution in [1.29, 1.82) is 0 Å². The quantitative estimate of drug-likeness (QED) is 0.386. The first-order chi connectivity index (χ1) is 15.0. The number of aromatic nitrogens is 2. The molecule has 1 atom stereocenters. The molecule has 2 heterocycles. The topological polar surface area (TPSA) is 97.7 Å². The zero-order valence-electron chi connectivity index (χ0n) is 17.3. The van der Waals surface area contributed by atoms with Crippen LogP contribution < -0.4 is 11.2 Å². The van der Waals surface area contributed by atoms with Crippen molar-refractivity contribution in [3.05, 3.63) is 77.1 Å². The van der Waals surface area contributed by atoms with Crippen LogP contribution in [-0.4, -0.2) is 33.4 Å². The lowest BCUT2D eigenvalue weighted by atomic mass is 10.0. The summed E-state index contributed by atoms with van der Waals surface area (Å²) in [5.41, 5.74) is 5.19. The highest BCUT2D eigenvalue weighted by molar-refractivity contribution is 6.38. The number of carbonyl (C=O) groups is 1. The van der Waals surface area contributed by atoms with E-state index >= 15 is 0 Å². The Morgan fingerprint density at radius 2 is 2.16 bits per heavy atom. The maximum atomic E-state index is 14.1. The van der Waals surface area contributed by atoms with Gasteiger partial charge in [0.15, 0.2) is 0 Å². The van der Waals surface area contributed by atoms with Crippen LogP contribution in [0.1, 0.15) is 28.8 Å². The van der Waals surface area contributed by atoms with Crippen LogP contribution in [0.5, 0.6) is 0 Å². The van der Waals surface area contributed by atoms with E-state index in [1.54, 1.807) is 18.5 Å². The molecule has 0 saturated heterocycles. The van der Waals surface area contributed by atoms with Gasteiger partial charge in [-0.25, -0.2) is 9.37 Å². The summed E-state index contributed by atoms with van der Waals surface area (Å²) in [5.74, 6) is 5.01. The maximum Gasteiger partial charge on any atom is 0.249 e. The Balaban J connectivity index is 1.54. The third-order valence-corrected chi connectivity index (χ3v) is 5.35. The zero-order chi connectivity index (χ0) is 22.0. The molecule has 158 valence electrons. The molecular weight excluding hydrogens is 395 g/mol. The van der Waals surface area contributed by atoms with Crippen molar-refractivity contribution < 1.29 is 9.18 Å². The SMILES string of the molecule is Cc1cn(-c2ccc(C(C=NC3CCc4c(F)cccc4NC3=O)=NN)cc2C)cn1. The van der Waals surface area contributed by atoms with Crippen LogP contribution in [0.2, 0.25) is 0 Å². The van der Waals surface area contributed by atoms with E-state index in [1.807, 2.05) is 42.8 Å². The lowest BCUT2D eigenvalue weighted by Crippen LogP contribution is -2.25. The number of rotatable bonds is 4. The average Bonchev–Trinajstić information content (AvgIpc) is 3.10. The number of carbonyl (C=O) groups excluding carboxylic acids is 1. The predicted molar refractivity (Wildman–Crippen MR) is 119 cm³/mol. The summed E-state index contributed by atoms with van der Waals surface area (Å²) in [6.07, 6.45) is 6.03. The number of benzene rings is 2. The summed E-state index contributed by atoms with van der Waals surface area (Å²) in [7, 11) is 0. The van der Waals surface area contributed by atoms with Gasteiger partial charge in [-0.2, -0.15) is 5.10 Å². The van der Waals surface area contributed by atoms with Gasteiger partial charge in [0, 0.05) is 28.7 Å². The van der Waals surface area contributed by atoms with E-state index in [4.69, 9.17) is 5.84 Å². The van der Waals surface area contributed by atoms with Crippen molar-refractivity contribution in [3.63, 3.8) is 0 Å². The number of hydrogen-bond acceptors (Lipinski definition) is 5. The minimum absolute atomic E-state index is 0.279. The minimum Gasteiger partial charge on any atom is -0.324 e. The number of aliphatic imine (C=N–C) groups is 1. The fourth-order valence-corrected chi connectivity index (χ4v) is 3.70. The fourth-order valence-electron chi connectivity index (χ4n) is 3.70. The summed E-state index contributed by atoms with van der Waals surface area (Å²) < 4.78 is 16.0. The number of halogens is 1. The van der Waals surface area contributed by atoms with Crippen LogP contribution in [-0.2, 0) is 11.2 Å². The number of hydrazone groups is 1. The number of nitrogens with zero attached hydrogens (tertiary/aromatic N) is 4. The molecule has 1 aromatic heterocycles. The maximum absolute atomic E-state index is 14.1. The molecule has 4 rings (SSSR count). The number of amides is 1. The van der Waals surface area contributed by atoms with E-state index in [2.05, 4.69) is 20.4 Å². The van der Waals surface area contributed by atoms with Crippen molar-refractivity contribution in [1.82, 2.24) is 9.55 Å². The summed E-state index contributed by atoms with van der Waals surface area (Å²) in [6.45, 7) is 3.93. The molecule has 2 aromatic carbocycles. The summed E-state index contributed by atoms with van der Waals surface area (Å²) in [4.78, 5) is 21.2. The Morgan fingerprint density at radius 3 is 2.87 bits per heavy atom. The molecular formula is C23H23FN6O. The van der Waals surface area contributed by atoms with Crippen molar-refractivity contribution in [2.75, 3.05) is 5.32 Å². The molecule has 1 amide bonds. The molecule has 3 N–H and O–H groups in total. The number of nitrogens with one attached hydrogen (secondary N) is 1. The third-order valence-electron chi connectivity index (χ3n) is 5.35. The number of aryl methyl sites for hydroxylation is 2. The molecule has 0 fully saturated rings. The van der Waals surface area contributed by atoms with Crippen LogP contribution in [0, 0.1) is 19.7 Å². The van der Waals surface area contributed by atoms with Crippen molar-refractivity contribution in [2.45, 2.75) is 32.7 Å². The molecule has 0 saturated carbocycles. The van der Waals surface area contributed by atoms with E-state index < -0.39 is 6.04 Å². The molecule has 1 unspecified atom stereocenters. The van der Waals surface area contributed by atoms with Crippen LogP contribution in [0.25, 0.3) is 5.69 Å². The van der Waals surface area contributed by atoms with Gasteiger partial charge < -0.3 is 15.7 Å². The third kappa shape index (κ3) is 4.23. The van der Waals surface area contributed by atoms with E-state index in [0.717, 1.165) is 22.5 Å². The molecule has 7 nitrogen and oxygen atoms in total. The first-order valence-corrected chi connectivity index (χ1v) is 9.97. The van der Waals surface area contributed by atoms with Gasteiger partial charge in [0.2, 0.25) is 5.91 Å². The Morgan fingerprint density at radius 1 is 1.32 bits per heavy atom. The standard InChI is InChI=1S/C23H23FN6O/c1-14-10-16(6-9-22(14)30-12-15(2)27-13-30)21(29-25)11-26-20-8-7-17-18(24)4-3-5-19(17)28-23(20)31/h3-6,9-13,20H,7-8,25H2,1-2H3,(H,28,31). The number of fused-ring (bicyclic) bond motifs is 1. The largest absolute Gasteiger partial charge is 0.324 e. The predicted octanol–water partition coefficient (Wildman–Crippen LogP) is 3.32. The van der Waals surface area contributed by atoms with Crippen LogP contribution in [0.4, 0.5) is 10.1 Å². The zero-order valence-corrected chi connectivity index (χ0v) is 17.3. The van der Waals surface area contributed by atoms with Crippen molar-refractivity contribution in [2.24, 2.45) is 15.9 Å². The molecule has 0 spiro atoms. The highest BCUT2D eigenvalue weighted by atomic mass is 19.1. The van der Waals surface area contributed by atoms with Gasteiger partial charge in [0.25, 0.3) is 0 Å². The van der Waals surface area contributed by atoms with Crippen LogP contribution in [0.15, 0.2) is 59.0 Å².